The van der Waals surface area contributed by atoms with Gasteiger partial charge in [0.1, 0.15) is 22.0 Å². The van der Waals surface area contributed by atoms with E-state index < -0.39 is 0 Å². The zero-order valence-electron chi connectivity index (χ0n) is 13.9. The molecule has 0 fully saturated rings. The second-order valence-electron chi connectivity index (χ2n) is 5.73. The van der Waals surface area contributed by atoms with Crippen molar-refractivity contribution in [3.8, 4) is 11.1 Å². The monoisotopic (exact) mass is 414 g/mol. The summed E-state index contributed by atoms with van der Waals surface area (Å²) in [6, 6.07) is 13.2. The number of benzene rings is 2. The summed E-state index contributed by atoms with van der Waals surface area (Å²) in [5, 5.41) is 4.21. The van der Waals surface area contributed by atoms with Gasteiger partial charge < -0.3 is 0 Å². The minimum absolute atomic E-state index is 0.00184. The van der Waals surface area contributed by atoms with Crippen LogP contribution in [0.5, 0.6) is 0 Å². The molecule has 0 saturated heterocycles. The van der Waals surface area contributed by atoms with Crippen molar-refractivity contribution in [2.45, 2.75) is 5.03 Å². The van der Waals surface area contributed by atoms with E-state index in [-0.39, 0.29) is 17.4 Å². The maximum Gasteiger partial charge on any atom is 0.173 e. The Balaban J connectivity index is 1.64. The lowest BCUT2D eigenvalue weighted by atomic mass is 10.1. The zero-order chi connectivity index (χ0) is 18.8. The third-order valence-corrected chi connectivity index (χ3v) is 6.12. The van der Waals surface area contributed by atoms with Gasteiger partial charge in [-0.15, -0.1) is 11.3 Å². The summed E-state index contributed by atoms with van der Waals surface area (Å²) in [5.74, 6) is -0.0217. The number of hydrogen-bond donors (Lipinski definition) is 0. The minimum atomic E-state index is -0.280. The lowest BCUT2D eigenvalue weighted by molar-refractivity contribution is 0.102. The van der Waals surface area contributed by atoms with Crippen LogP contribution < -0.4 is 0 Å². The van der Waals surface area contributed by atoms with Gasteiger partial charge in [0.2, 0.25) is 0 Å². The molecule has 0 aliphatic carbocycles. The Kier molecular flexibility index (Phi) is 5.20. The van der Waals surface area contributed by atoms with E-state index >= 15 is 0 Å². The van der Waals surface area contributed by atoms with E-state index in [4.69, 9.17) is 11.6 Å². The first-order chi connectivity index (χ1) is 13.1. The van der Waals surface area contributed by atoms with Crippen LogP contribution in [0.3, 0.4) is 0 Å². The summed E-state index contributed by atoms with van der Waals surface area (Å²) in [6.45, 7) is 0. The topological polar surface area (TPSA) is 42.9 Å². The molecule has 0 aliphatic heterocycles. The molecule has 134 valence electrons. The highest BCUT2D eigenvalue weighted by Crippen LogP contribution is 2.38. The van der Waals surface area contributed by atoms with Crippen molar-refractivity contribution in [2.75, 3.05) is 5.75 Å². The van der Waals surface area contributed by atoms with Gasteiger partial charge in [-0.3, -0.25) is 4.79 Å². The van der Waals surface area contributed by atoms with Crippen molar-refractivity contribution in [2.24, 2.45) is 0 Å². The quantitative estimate of drug-likeness (QED) is 0.224. The average Bonchev–Trinajstić information content (AvgIpc) is 3.12. The number of thioether (sulfide) groups is 1. The number of nitrogens with zero attached hydrogens (tertiary/aromatic N) is 2. The Labute approximate surface area is 168 Å². The molecule has 2 heterocycles. The number of aromatic nitrogens is 2. The molecule has 27 heavy (non-hydrogen) atoms. The number of Topliss-reactive ketones (excluding diaryl/α,β-unsaturated/α-hetero) is 1. The second kappa shape index (κ2) is 7.76. The van der Waals surface area contributed by atoms with E-state index in [1.54, 1.807) is 36.4 Å². The predicted molar refractivity (Wildman–Crippen MR) is 109 cm³/mol. The highest BCUT2D eigenvalue weighted by molar-refractivity contribution is 8.00. The van der Waals surface area contributed by atoms with Gasteiger partial charge in [-0.25, -0.2) is 14.4 Å². The van der Waals surface area contributed by atoms with Gasteiger partial charge in [0.05, 0.1) is 11.1 Å². The molecule has 3 nitrogen and oxygen atoms in total. The number of thiophene rings is 1. The fourth-order valence-electron chi connectivity index (χ4n) is 2.65. The SMILES string of the molecule is O=C(CSc1ncnc2scc(-c3ccc(F)cc3)c12)c1ccc(Cl)cc1. The zero-order valence-corrected chi connectivity index (χ0v) is 16.2. The summed E-state index contributed by atoms with van der Waals surface area (Å²) in [5.41, 5.74) is 2.45. The molecule has 2 aromatic heterocycles. The first-order valence-electron chi connectivity index (χ1n) is 8.01. The van der Waals surface area contributed by atoms with Crippen LogP contribution >= 0.6 is 34.7 Å². The molecule has 0 unspecified atom stereocenters. The first kappa shape index (κ1) is 18.1. The van der Waals surface area contributed by atoms with E-state index in [0.717, 1.165) is 26.4 Å². The highest BCUT2D eigenvalue weighted by atomic mass is 35.5. The number of fused-ring (bicyclic) bond motifs is 1. The Bertz CT molecular complexity index is 1110. The van der Waals surface area contributed by atoms with E-state index in [1.807, 2.05) is 5.38 Å². The summed E-state index contributed by atoms with van der Waals surface area (Å²) in [7, 11) is 0. The third-order valence-electron chi connectivity index (χ3n) is 4.00. The standard InChI is InChI=1S/C20H12ClFN2OS2/c21-14-5-1-13(2-6-14)17(25)10-27-20-18-16(9-26-19(18)23-11-24-20)12-3-7-15(22)8-4-12/h1-9,11H,10H2. The van der Waals surface area contributed by atoms with Crippen LogP contribution in [-0.2, 0) is 0 Å². The maximum atomic E-state index is 13.2. The van der Waals surface area contributed by atoms with E-state index in [0.29, 0.717) is 10.6 Å². The normalized spacial score (nSPS) is 11.0. The fourth-order valence-corrected chi connectivity index (χ4v) is 4.67. The molecule has 7 heteroatoms. The Morgan fingerprint density at radius 3 is 2.56 bits per heavy atom. The van der Waals surface area contributed by atoms with Gasteiger partial charge in [0.15, 0.2) is 5.78 Å². The number of halogens is 2. The summed E-state index contributed by atoms with van der Waals surface area (Å²) < 4.78 is 13.2. The highest BCUT2D eigenvalue weighted by Gasteiger charge is 2.15. The van der Waals surface area contributed by atoms with Gasteiger partial charge in [0, 0.05) is 21.5 Å². The molecule has 4 aromatic rings. The molecular formula is C20H12ClFN2OS2. The van der Waals surface area contributed by atoms with E-state index in [9.17, 15) is 9.18 Å². The third kappa shape index (κ3) is 3.88. The van der Waals surface area contributed by atoms with Gasteiger partial charge in [-0.05, 0) is 42.0 Å². The van der Waals surface area contributed by atoms with Crippen molar-refractivity contribution >= 4 is 50.7 Å². The minimum Gasteiger partial charge on any atom is -0.293 e. The average molecular weight is 415 g/mol. The first-order valence-corrected chi connectivity index (χ1v) is 10.3. The lowest BCUT2D eigenvalue weighted by Gasteiger charge is -2.05. The lowest BCUT2D eigenvalue weighted by Crippen LogP contribution is -2.02. The van der Waals surface area contributed by atoms with Crippen LogP contribution in [0.25, 0.3) is 21.3 Å². The van der Waals surface area contributed by atoms with Crippen LogP contribution in [0.15, 0.2) is 65.3 Å². The molecular weight excluding hydrogens is 403 g/mol. The number of hydrogen-bond acceptors (Lipinski definition) is 5. The van der Waals surface area contributed by atoms with E-state index in [1.165, 1.54) is 41.6 Å². The van der Waals surface area contributed by atoms with Crippen molar-refractivity contribution in [1.29, 1.82) is 0 Å². The molecule has 0 radical (unpaired) electrons. The van der Waals surface area contributed by atoms with Gasteiger partial charge in [0.25, 0.3) is 0 Å². The molecule has 2 aromatic carbocycles. The number of rotatable bonds is 5. The van der Waals surface area contributed by atoms with Gasteiger partial charge >= 0.3 is 0 Å². The number of ketones is 1. The van der Waals surface area contributed by atoms with Crippen LogP contribution in [0, 0.1) is 5.82 Å². The molecule has 0 N–H and O–H groups in total. The molecule has 0 spiro atoms. The van der Waals surface area contributed by atoms with Crippen LogP contribution in [0.1, 0.15) is 10.4 Å². The van der Waals surface area contributed by atoms with Crippen LogP contribution in [0.2, 0.25) is 5.02 Å². The summed E-state index contributed by atoms with van der Waals surface area (Å²) in [4.78, 5) is 22.0. The molecule has 0 aliphatic rings. The maximum absolute atomic E-state index is 13.2. The van der Waals surface area contributed by atoms with E-state index in [2.05, 4.69) is 9.97 Å². The summed E-state index contributed by atoms with van der Waals surface area (Å²) >= 11 is 8.75. The van der Waals surface area contributed by atoms with Crippen molar-refractivity contribution in [1.82, 2.24) is 9.97 Å². The molecule has 0 amide bonds. The number of carbonyl (C=O) groups excluding carboxylic acids is 1. The van der Waals surface area contributed by atoms with Gasteiger partial charge in [-0.1, -0.05) is 35.5 Å². The fraction of sp³-hybridized carbons (Fsp3) is 0.0500. The van der Waals surface area contributed by atoms with Crippen molar-refractivity contribution in [3.05, 3.63) is 76.6 Å². The smallest absolute Gasteiger partial charge is 0.173 e. The second-order valence-corrected chi connectivity index (χ2v) is 7.99. The number of carbonyl (C=O) groups is 1. The van der Waals surface area contributed by atoms with Crippen molar-refractivity contribution in [3.63, 3.8) is 0 Å². The Morgan fingerprint density at radius 2 is 1.81 bits per heavy atom. The Hall–Kier alpha value is -2.28. The van der Waals surface area contributed by atoms with Gasteiger partial charge in [-0.2, -0.15) is 0 Å². The molecule has 0 saturated carbocycles. The predicted octanol–water partition coefficient (Wildman–Crippen LogP) is 6.13. The largest absolute Gasteiger partial charge is 0.293 e. The summed E-state index contributed by atoms with van der Waals surface area (Å²) in [6.07, 6.45) is 1.50. The van der Waals surface area contributed by atoms with Crippen LogP contribution in [0.4, 0.5) is 4.39 Å². The Morgan fingerprint density at radius 1 is 1.07 bits per heavy atom. The van der Waals surface area contributed by atoms with Crippen LogP contribution in [-0.4, -0.2) is 21.5 Å². The molecule has 0 atom stereocenters. The molecule has 4 rings (SSSR count). The molecule has 0 bridgehead atoms. The van der Waals surface area contributed by atoms with Crippen molar-refractivity contribution < 1.29 is 9.18 Å².